The fourth-order valence-corrected chi connectivity index (χ4v) is 4.09. The molecule has 20 heavy (non-hydrogen) atoms. The molecule has 0 aliphatic carbocycles. The number of nitrogens with two attached hydrogens (primary N) is 1. The van der Waals surface area contributed by atoms with Crippen molar-refractivity contribution < 1.29 is 8.42 Å². The normalized spacial score (nSPS) is 11.6. The molecule has 0 radical (unpaired) electrons. The van der Waals surface area contributed by atoms with Crippen molar-refractivity contribution in [2.75, 3.05) is 16.6 Å². The highest BCUT2D eigenvalue weighted by Crippen LogP contribution is 2.30. The molecule has 0 fully saturated rings. The predicted molar refractivity (Wildman–Crippen MR) is 79.3 cm³/mol. The van der Waals surface area contributed by atoms with Crippen LogP contribution in [0.5, 0.6) is 0 Å². The van der Waals surface area contributed by atoms with E-state index in [-0.39, 0.29) is 16.6 Å². The van der Waals surface area contributed by atoms with Gasteiger partial charge in [0.1, 0.15) is 0 Å². The van der Waals surface area contributed by atoms with Crippen LogP contribution in [-0.2, 0) is 17.1 Å². The molecule has 0 bridgehead atoms. The number of aryl methyl sites for hydroxylation is 1. The zero-order chi connectivity index (χ0) is 14.9. The third-order valence-corrected chi connectivity index (χ3v) is 5.27. The highest BCUT2D eigenvalue weighted by Gasteiger charge is 2.30. The van der Waals surface area contributed by atoms with Gasteiger partial charge in [0, 0.05) is 13.6 Å². The van der Waals surface area contributed by atoms with Crippen molar-refractivity contribution in [3.8, 4) is 0 Å². The van der Waals surface area contributed by atoms with E-state index in [0.29, 0.717) is 11.4 Å². The first-order valence-corrected chi connectivity index (χ1v) is 7.76. The minimum Gasteiger partial charge on any atom is -0.397 e. The average Bonchev–Trinajstić information content (AvgIpc) is 2.72. The van der Waals surface area contributed by atoms with E-state index in [0.717, 1.165) is 0 Å². The second kappa shape index (κ2) is 5.34. The summed E-state index contributed by atoms with van der Waals surface area (Å²) in [6.07, 6.45) is 1.30. The first kappa shape index (κ1) is 14.7. The third-order valence-electron chi connectivity index (χ3n) is 2.87. The molecule has 2 N–H and O–H groups in total. The molecule has 1 aromatic carbocycles. The van der Waals surface area contributed by atoms with Gasteiger partial charge in [0.05, 0.1) is 22.6 Å². The first-order valence-electron chi connectivity index (χ1n) is 5.94. The smallest absolute Gasteiger partial charge is 0.283 e. The van der Waals surface area contributed by atoms with Gasteiger partial charge in [0.2, 0.25) is 0 Å². The van der Waals surface area contributed by atoms with E-state index in [1.165, 1.54) is 22.2 Å². The minimum absolute atomic E-state index is 0.0516. The number of sulfonamides is 1. The van der Waals surface area contributed by atoms with Gasteiger partial charge in [-0.2, -0.15) is 13.5 Å². The third kappa shape index (κ3) is 2.34. The van der Waals surface area contributed by atoms with Crippen LogP contribution in [0.25, 0.3) is 0 Å². The minimum atomic E-state index is -3.82. The second-order valence-corrected chi connectivity index (χ2v) is 6.33. The van der Waals surface area contributed by atoms with Crippen LogP contribution in [0.1, 0.15) is 6.92 Å². The summed E-state index contributed by atoms with van der Waals surface area (Å²) < 4.78 is 27.9. The number of halogens is 1. The van der Waals surface area contributed by atoms with Gasteiger partial charge in [-0.3, -0.25) is 8.99 Å². The lowest BCUT2D eigenvalue weighted by Gasteiger charge is -2.24. The molecule has 0 amide bonds. The number of anilines is 2. The highest BCUT2D eigenvalue weighted by molar-refractivity contribution is 7.92. The van der Waals surface area contributed by atoms with Gasteiger partial charge in [-0.05, 0) is 19.1 Å². The number of para-hydroxylation sites is 2. The second-order valence-electron chi connectivity index (χ2n) is 4.15. The van der Waals surface area contributed by atoms with Crippen LogP contribution in [0.3, 0.4) is 0 Å². The van der Waals surface area contributed by atoms with Crippen LogP contribution in [-0.4, -0.2) is 24.7 Å². The SMILES string of the molecule is CCN(c1ccccc1N)S(=O)(=O)c1c(Cl)cnn1C. The largest absolute Gasteiger partial charge is 0.397 e. The van der Waals surface area contributed by atoms with Gasteiger partial charge in [0.15, 0.2) is 5.03 Å². The number of hydrogen-bond donors (Lipinski definition) is 1. The van der Waals surface area contributed by atoms with Crippen LogP contribution < -0.4 is 10.0 Å². The Morgan fingerprint density at radius 3 is 2.55 bits per heavy atom. The Morgan fingerprint density at radius 1 is 1.40 bits per heavy atom. The maximum atomic E-state index is 12.7. The van der Waals surface area contributed by atoms with Crippen LogP contribution in [0.4, 0.5) is 11.4 Å². The summed E-state index contributed by atoms with van der Waals surface area (Å²) in [6, 6.07) is 6.78. The molecule has 6 nitrogen and oxygen atoms in total. The topological polar surface area (TPSA) is 81.2 Å². The van der Waals surface area contributed by atoms with E-state index >= 15 is 0 Å². The van der Waals surface area contributed by atoms with Crippen LogP contribution >= 0.6 is 11.6 Å². The number of hydrogen-bond acceptors (Lipinski definition) is 4. The van der Waals surface area contributed by atoms with E-state index < -0.39 is 10.0 Å². The summed E-state index contributed by atoms with van der Waals surface area (Å²) >= 11 is 5.94. The molecule has 0 saturated heterocycles. The molecule has 0 aliphatic rings. The highest BCUT2D eigenvalue weighted by atomic mass is 35.5. The number of benzene rings is 1. The van der Waals surface area contributed by atoms with E-state index in [1.807, 2.05) is 0 Å². The van der Waals surface area contributed by atoms with E-state index in [4.69, 9.17) is 17.3 Å². The average molecular weight is 315 g/mol. The molecular formula is C12H15ClN4O2S. The first-order chi connectivity index (χ1) is 9.39. The molecule has 8 heteroatoms. The van der Waals surface area contributed by atoms with Crippen molar-refractivity contribution in [1.82, 2.24) is 9.78 Å². The molecule has 1 aromatic heterocycles. The Bertz CT molecular complexity index is 707. The molecule has 2 aromatic rings. The van der Waals surface area contributed by atoms with Gasteiger partial charge >= 0.3 is 0 Å². The number of nitrogens with zero attached hydrogens (tertiary/aromatic N) is 3. The van der Waals surface area contributed by atoms with Gasteiger partial charge in [0.25, 0.3) is 10.0 Å². The van der Waals surface area contributed by atoms with E-state index in [1.54, 1.807) is 31.2 Å². The zero-order valence-corrected chi connectivity index (χ0v) is 12.7. The summed E-state index contributed by atoms with van der Waals surface area (Å²) in [6.45, 7) is 1.96. The maximum Gasteiger partial charge on any atom is 0.283 e. The van der Waals surface area contributed by atoms with Crippen molar-refractivity contribution in [1.29, 1.82) is 0 Å². The quantitative estimate of drug-likeness (QED) is 0.874. The fraction of sp³-hybridized carbons (Fsp3) is 0.250. The summed E-state index contributed by atoms with van der Waals surface area (Å²) in [4.78, 5) is 0. The maximum absolute atomic E-state index is 12.7. The number of rotatable bonds is 4. The summed E-state index contributed by atoms with van der Waals surface area (Å²) in [7, 11) is -2.29. The molecule has 1 heterocycles. The van der Waals surface area contributed by atoms with Crippen LogP contribution in [0.2, 0.25) is 5.02 Å². The van der Waals surface area contributed by atoms with Gasteiger partial charge in [-0.25, -0.2) is 0 Å². The van der Waals surface area contributed by atoms with Crippen molar-refractivity contribution in [2.45, 2.75) is 11.9 Å². The lowest BCUT2D eigenvalue weighted by molar-refractivity contribution is 0.573. The lowest BCUT2D eigenvalue weighted by atomic mass is 10.3. The van der Waals surface area contributed by atoms with E-state index in [9.17, 15) is 8.42 Å². The van der Waals surface area contributed by atoms with Crippen molar-refractivity contribution in [3.63, 3.8) is 0 Å². The molecule has 108 valence electrons. The molecule has 0 spiro atoms. The Kier molecular flexibility index (Phi) is 3.92. The Hall–Kier alpha value is -1.73. The molecular weight excluding hydrogens is 300 g/mol. The van der Waals surface area contributed by atoms with Crippen molar-refractivity contribution in [2.24, 2.45) is 7.05 Å². The Balaban J connectivity index is 2.60. The predicted octanol–water partition coefficient (Wildman–Crippen LogP) is 1.87. The fourth-order valence-electron chi connectivity index (χ4n) is 1.98. The van der Waals surface area contributed by atoms with Gasteiger partial charge in [-0.1, -0.05) is 23.7 Å². The lowest BCUT2D eigenvalue weighted by Crippen LogP contribution is -2.33. The summed E-state index contributed by atoms with van der Waals surface area (Å²) in [5.74, 6) is 0. The van der Waals surface area contributed by atoms with Gasteiger partial charge in [-0.15, -0.1) is 0 Å². The molecule has 0 saturated carbocycles. The molecule has 0 unspecified atom stereocenters. The standard InChI is InChI=1S/C12H15ClN4O2S/c1-3-17(11-7-5-4-6-10(11)14)20(18,19)12-9(13)8-15-16(12)2/h4-8H,3,14H2,1-2H3. The van der Waals surface area contributed by atoms with Crippen molar-refractivity contribution >= 4 is 33.0 Å². The monoisotopic (exact) mass is 314 g/mol. The Morgan fingerprint density at radius 2 is 2.05 bits per heavy atom. The number of aromatic nitrogens is 2. The van der Waals surface area contributed by atoms with Crippen LogP contribution in [0.15, 0.2) is 35.5 Å². The summed E-state index contributed by atoms with van der Waals surface area (Å²) in [5.41, 5.74) is 6.67. The van der Waals surface area contributed by atoms with Crippen molar-refractivity contribution in [3.05, 3.63) is 35.5 Å². The Labute approximate surface area is 122 Å². The number of nitrogen functional groups attached to an aromatic ring is 1. The zero-order valence-electron chi connectivity index (χ0n) is 11.1. The molecule has 2 rings (SSSR count). The molecule has 0 aliphatic heterocycles. The van der Waals surface area contributed by atoms with Gasteiger partial charge < -0.3 is 5.73 Å². The van der Waals surface area contributed by atoms with E-state index in [2.05, 4.69) is 5.10 Å². The molecule has 0 atom stereocenters. The summed E-state index contributed by atoms with van der Waals surface area (Å²) in [5, 5.41) is 3.90. The van der Waals surface area contributed by atoms with Crippen LogP contribution in [0, 0.1) is 0 Å².